The van der Waals surface area contributed by atoms with Crippen molar-refractivity contribution in [3.05, 3.63) is 34.9 Å². The number of nitrogens with one attached hydrogen (secondary N) is 1. The molecule has 0 saturated heterocycles. The number of aryl methyl sites for hydroxylation is 2. The van der Waals surface area contributed by atoms with E-state index in [1.807, 2.05) is 0 Å². The van der Waals surface area contributed by atoms with Crippen LogP contribution in [0.25, 0.3) is 0 Å². The number of ether oxygens (including phenoxy) is 1. The maximum absolute atomic E-state index is 5.65. The molecule has 0 aliphatic carbocycles. The predicted molar refractivity (Wildman–Crippen MR) is 78.3 cm³/mol. The average molecular weight is 249 g/mol. The lowest BCUT2D eigenvalue weighted by molar-refractivity contribution is 0.139. The van der Waals surface area contributed by atoms with Crippen molar-refractivity contribution < 1.29 is 4.74 Å². The second-order valence-electron chi connectivity index (χ2n) is 4.53. The van der Waals surface area contributed by atoms with Gasteiger partial charge in [0.2, 0.25) is 0 Å². The Morgan fingerprint density at radius 2 is 1.83 bits per heavy atom. The second kappa shape index (κ2) is 9.12. The van der Waals surface area contributed by atoms with E-state index in [-0.39, 0.29) is 0 Å². The normalized spacial score (nSPS) is 10.8. The van der Waals surface area contributed by atoms with Crippen LogP contribution in [0, 0.1) is 0 Å². The van der Waals surface area contributed by atoms with Gasteiger partial charge >= 0.3 is 0 Å². The van der Waals surface area contributed by atoms with E-state index in [1.165, 1.54) is 16.7 Å². The molecule has 0 fully saturated rings. The second-order valence-corrected chi connectivity index (χ2v) is 4.53. The quantitative estimate of drug-likeness (QED) is 0.679. The van der Waals surface area contributed by atoms with E-state index in [0.717, 1.165) is 45.6 Å². The fourth-order valence-electron chi connectivity index (χ4n) is 2.08. The molecule has 0 amide bonds. The average Bonchev–Trinajstić information content (AvgIpc) is 2.42. The Hall–Kier alpha value is -0.860. The minimum Gasteiger partial charge on any atom is -0.380 e. The summed E-state index contributed by atoms with van der Waals surface area (Å²) in [5.41, 5.74) is 4.35. The fraction of sp³-hybridized carbons (Fsp3) is 0.625. The molecule has 1 aromatic carbocycles. The highest BCUT2D eigenvalue weighted by Crippen LogP contribution is 2.14. The molecule has 0 unspecified atom stereocenters. The van der Waals surface area contributed by atoms with E-state index in [4.69, 9.17) is 4.74 Å². The first-order valence-corrected chi connectivity index (χ1v) is 7.20. The van der Waals surface area contributed by atoms with Gasteiger partial charge in [0, 0.05) is 6.54 Å². The zero-order chi connectivity index (χ0) is 13.2. The van der Waals surface area contributed by atoms with Crippen LogP contribution in [-0.4, -0.2) is 26.3 Å². The molecular weight excluding hydrogens is 222 g/mol. The van der Waals surface area contributed by atoms with Crippen molar-refractivity contribution in [3.63, 3.8) is 0 Å². The first-order valence-electron chi connectivity index (χ1n) is 7.20. The first kappa shape index (κ1) is 15.2. The van der Waals surface area contributed by atoms with Crippen molar-refractivity contribution in [3.8, 4) is 0 Å². The molecule has 1 aromatic rings. The zero-order valence-electron chi connectivity index (χ0n) is 12.1. The Morgan fingerprint density at radius 3 is 2.50 bits per heavy atom. The molecule has 0 spiro atoms. The van der Waals surface area contributed by atoms with Crippen molar-refractivity contribution >= 4 is 0 Å². The molecule has 0 aliphatic heterocycles. The van der Waals surface area contributed by atoms with E-state index in [9.17, 15) is 0 Å². The third-order valence-corrected chi connectivity index (χ3v) is 3.25. The predicted octanol–water partition coefficient (Wildman–Crippen LogP) is 2.98. The zero-order valence-corrected chi connectivity index (χ0v) is 12.1. The SMILES string of the molecule is CCNCCOCCc1cc(CC)ccc1CC. The summed E-state index contributed by atoms with van der Waals surface area (Å²) in [5.74, 6) is 0. The van der Waals surface area contributed by atoms with Gasteiger partial charge in [-0.25, -0.2) is 0 Å². The maximum atomic E-state index is 5.65. The summed E-state index contributed by atoms with van der Waals surface area (Å²) < 4.78 is 5.65. The number of hydrogen-bond acceptors (Lipinski definition) is 2. The highest BCUT2D eigenvalue weighted by atomic mass is 16.5. The van der Waals surface area contributed by atoms with Crippen LogP contribution < -0.4 is 5.32 Å². The van der Waals surface area contributed by atoms with Gasteiger partial charge in [-0.1, -0.05) is 39.0 Å². The molecule has 0 atom stereocenters. The first-order chi connectivity index (χ1) is 8.81. The summed E-state index contributed by atoms with van der Waals surface area (Å²) in [6.07, 6.45) is 3.25. The molecule has 1 N–H and O–H groups in total. The molecule has 0 aromatic heterocycles. The van der Waals surface area contributed by atoms with E-state index in [1.54, 1.807) is 0 Å². The molecule has 2 heteroatoms. The van der Waals surface area contributed by atoms with Crippen molar-refractivity contribution in [2.24, 2.45) is 0 Å². The van der Waals surface area contributed by atoms with Crippen LogP contribution in [0.1, 0.15) is 37.5 Å². The monoisotopic (exact) mass is 249 g/mol. The molecule has 1 rings (SSSR count). The number of benzene rings is 1. The van der Waals surface area contributed by atoms with Crippen LogP contribution in [0.2, 0.25) is 0 Å². The van der Waals surface area contributed by atoms with Gasteiger partial charge in [0.05, 0.1) is 13.2 Å². The molecule has 0 radical (unpaired) electrons. The van der Waals surface area contributed by atoms with Gasteiger partial charge in [-0.3, -0.25) is 0 Å². The van der Waals surface area contributed by atoms with Gasteiger partial charge in [0.15, 0.2) is 0 Å². The molecule has 102 valence electrons. The molecule has 2 nitrogen and oxygen atoms in total. The molecule has 0 bridgehead atoms. The Morgan fingerprint density at radius 1 is 1.00 bits per heavy atom. The Labute approximate surface area is 112 Å². The van der Waals surface area contributed by atoms with Crippen molar-refractivity contribution in [2.75, 3.05) is 26.3 Å². The third kappa shape index (κ3) is 5.19. The summed E-state index contributed by atoms with van der Waals surface area (Å²) in [4.78, 5) is 0. The lowest BCUT2D eigenvalue weighted by atomic mass is 9.99. The van der Waals surface area contributed by atoms with Gasteiger partial charge in [0.1, 0.15) is 0 Å². The number of hydrogen-bond donors (Lipinski definition) is 1. The van der Waals surface area contributed by atoms with Gasteiger partial charge in [-0.15, -0.1) is 0 Å². The van der Waals surface area contributed by atoms with Gasteiger partial charge in [-0.05, 0) is 42.5 Å². The molecule has 0 aliphatic rings. The Balaban J connectivity index is 2.39. The topological polar surface area (TPSA) is 21.3 Å². The van der Waals surface area contributed by atoms with Crippen LogP contribution in [-0.2, 0) is 24.0 Å². The lowest BCUT2D eigenvalue weighted by Crippen LogP contribution is -2.19. The minimum atomic E-state index is 0.808. The highest BCUT2D eigenvalue weighted by molar-refractivity contribution is 5.32. The van der Waals surface area contributed by atoms with Crippen LogP contribution >= 0.6 is 0 Å². The highest BCUT2D eigenvalue weighted by Gasteiger charge is 2.02. The smallest absolute Gasteiger partial charge is 0.0591 e. The van der Waals surface area contributed by atoms with Gasteiger partial charge in [0.25, 0.3) is 0 Å². The van der Waals surface area contributed by atoms with Gasteiger partial charge in [-0.2, -0.15) is 0 Å². The summed E-state index contributed by atoms with van der Waals surface area (Å²) in [6, 6.07) is 6.85. The van der Waals surface area contributed by atoms with Gasteiger partial charge < -0.3 is 10.1 Å². The van der Waals surface area contributed by atoms with Crippen molar-refractivity contribution in [1.82, 2.24) is 5.32 Å². The molecular formula is C16H27NO. The van der Waals surface area contributed by atoms with E-state index in [0.29, 0.717) is 0 Å². The molecule has 18 heavy (non-hydrogen) atoms. The lowest BCUT2D eigenvalue weighted by Gasteiger charge is -2.10. The van der Waals surface area contributed by atoms with E-state index >= 15 is 0 Å². The molecule has 0 saturated carbocycles. The Bertz CT molecular complexity index is 336. The maximum Gasteiger partial charge on any atom is 0.0591 e. The minimum absolute atomic E-state index is 0.808. The summed E-state index contributed by atoms with van der Waals surface area (Å²) in [5, 5.41) is 3.26. The summed E-state index contributed by atoms with van der Waals surface area (Å²) in [7, 11) is 0. The Kier molecular flexibility index (Phi) is 7.70. The van der Waals surface area contributed by atoms with E-state index in [2.05, 4.69) is 44.3 Å². The fourth-order valence-corrected chi connectivity index (χ4v) is 2.08. The summed E-state index contributed by atoms with van der Waals surface area (Å²) in [6.45, 7) is 10.1. The number of likely N-dealkylation sites (N-methyl/N-ethyl adjacent to an activating group) is 1. The summed E-state index contributed by atoms with van der Waals surface area (Å²) >= 11 is 0. The largest absolute Gasteiger partial charge is 0.380 e. The van der Waals surface area contributed by atoms with Crippen LogP contribution in [0.5, 0.6) is 0 Å². The standard InChI is InChI=1S/C16H27NO/c1-4-14-7-8-15(5-2)16(13-14)9-11-18-12-10-17-6-3/h7-8,13,17H,4-6,9-12H2,1-3H3. The van der Waals surface area contributed by atoms with Crippen molar-refractivity contribution in [2.45, 2.75) is 40.0 Å². The van der Waals surface area contributed by atoms with Crippen molar-refractivity contribution in [1.29, 1.82) is 0 Å². The third-order valence-electron chi connectivity index (χ3n) is 3.25. The van der Waals surface area contributed by atoms with Crippen LogP contribution in [0.3, 0.4) is 0 Å². The number of rotatable bonds is 9. The van der Waals surface area contributed by atoms with Crippen LogP contribution in [0.15, 0.2) is 18.2 Å². The van der Waals surface area contributed by atoms with Crippen LogP contribution in [0.4, 0.5) is 0 Å². The molecule has 0 heterocycles. The van der Waals surface area contributed by atoms with E-state index < -0.39 is 0 Å².